The molecule has 1 aromatic heterocycles. The Morgan fingerprint density at radius 1 is 1.12 bits per heavy atom. The number of anilines is 1. The number of aromatic nitrogens is 2. The number of rotatable bonds is 7. The largest absolute Gasteiger partial charge is 0.453 e. The Hall–Kier alpha value is -4.80. The van der Waals surface area contributed by atoms with Crippen LogP contribution in [0.25, 0.3) is 0 Å². The van der Waals surface area contributed by atoms with Gasteiger partial charge in [0.05, 0.1) is 25.9 Å². The quantitative estimate of drug-likeness (QED) is 0.467. The summed E-state index contributed by atoms with van der Waals surface area (Å²) in [5, 5.41) is 2.43. The summed E-state index contributed by atoms with van der Waals surface area (Å²) >= 11 is 0. The van der Waals surface area contributed by atoms with E-state index < -0.39 is 11.6 Å². The van der Waals surface area contributed by atoms with Crippen molar-refractivity contribution in [3.8, 4) is 0 Å². The standard InChI is InChI=1S/C29H31N7O4/c1-18(2)13-29(22-10-5-4-6-11-22)25(38)36(26(30)34-29)15-19-8-7-9-20(12-19)24(37)35-16-21-14-31-27(32-23(21)17-35)33-28(39)40-3/h4-12,14,18H,13,15-17H2,1-3H3,(H2,30,34)(H,31,32,33,39). The Bertz CT molecular complexity index is 1490. The van der Waals surface area contributed by atoms with Gasteiger partial charge in [0.1, 0.15) is 0 Å². The number of benzene rings is 2. The number of nitrogens with one attached hydrogen (secondary N) is 1. The van der Waals surface area contributed by atoms with Gasteiger partial charge < -0.3 is 15.4 Å². The zero-order valence-electron chi connectivity index (χ0n) is 22.6. The number of carbonyl (C=O) groups is 3. The van der Waals surface area contributed by atoms with Crippen LogP contribution in [0.4, 0.5) is 10.7 Å². The molecule has 3 N–H and O–H groups in total. The third kappa shape index (κ3) is 5.09. The predicted octanol–water partition coefficient (Wildman–Crippen LogP) is 3.41. The molecule has 0 saturated heterocycles. The van der Waals surface area contributed by atoms with Crippen molar-refractivity contribution < 1.29 is 19.1 Å². The molecule has 11 nitrogen and oxygen atoms in total. The summed E-state index contributed by atoms with van der Waals surface area (Å²) in [5.74, 6) is 0.126. The smallest absolute Gasteiger partial charge is 0.413 e. The molecule has 0 spiro atoms. The van der Waals surface area contributed by atoms with E-state index in [4.69, 9.17) is 10.7 Å². The van der Waals surface area contributed by atoms with Crippen molar-refractivity contribution in [2.45, 2.75) is 45.4 Å². The predicted molar refractivity (Wildman–Crippen MR) is 148 cm³/mol. The molecule has 0 bridgehead atoms. The molecule has 0 aliphatic carbocycles. The van der Waals surface area contributed by atoms with Gasteiger partial charge in [-0.15, -0.1) is 0 Å². The lowest BCUT2D eigenvalue weighted by atomic mass is 9.82. The van der Waals surface area contributed by atoms with Crippen LogP contribution in [-0.4, -0.2) is 50.7 Å². The van der Waals surface area contributed by atoms with E-state index in [0.29, 0.717) is 24.2 Å². The van der Waals surface area contributed by atoms with Crippen molar-refractivity contribution in [3.63, 3.8) is 0 Å². The normalized spacial score (nSPS) is 18.1. The van der Waals surface area contributed by atoms with Gasteiger partial charge in [-0.3, -0.25) is 19.8 Å². The summed E-state index contributed by atoms with van der Waals surface area (Å²) in [6.07, 6.45) is 1.45. The van der Waals surface area contributed by atoms with Gasteiger partial charge >= 0.3 is 6.09 Å². The lowest BCUT2D eigenvalue weighted by Gasteiger charge is -2.28. The summed E-state index contributed by atoms with van der Waals surface area (Å²) in [5.41, 5.74) is 8.76. The molecule has 11 heteroatoms. The van der Waals surface area contributed by atoms with Crippen molar-refractivity contribution in [3.05, 3.63) is 88.7 Å². The molecular weight excluding hydrogens is 510 g/mol. The zero-order valence-corrected chi connectivity index (χ0v) is 22.6. The van der Waals surface area contributed by atoms with Gasteiger partial charge in [0, 0.05) is 23.9 Å². The molecule has 0 fully saturated rings. The van der Waals surface area contributed by atoms with Gasteiger partial charge in [0.15, 0.2) is 11.5 Å². The number of fused-ring (bicyclic) bond motifs is 1. The highest BCUT2D eigenvalue weighted by molar-refractivity contribution is 6.07. The maximum Gasteiger partial charge on any atom is 0.413 e. The second kappa shape index (κ2) is 10.8. The molecule has 40 heavy (non-hydrogen) atoms. The lowest BCUT2D eigenvalue weighted by molar-refractivity contribution is -0.132. The van der Waals surface area contributed by atoms with Crippen LogP contribution < -0.4 is 11.1 Å². The van der Waals surface area contributed by atoms with Crippen molar-refractivity contribution in [1.29, 1.82) is 0 Å². The van der Waals surface area contributed by atoms with Crippen molar-refractivity contribution in [1.82, 2.24) is 19.8 Å². The first-order valence-electron chi connectivity index (χ1n) is 13.0. The number of aliphatic imine (C=N–C) groups is 1. The lowest BCUT2D eigenvalue weighted by Crippen LogP contribution is -2.43. The summed E-state index contributed by atoms with van der Waals surface area (Å²) in [4.78, 5) is 55.1. The minimum atomic E-state index is -1.07. The second-order valence-corrected chi connectivity index (χ2v) is 10.3. The van der Waals surface area contributed by atoms with Crippen LogP contribution in [0.2, 0.25) is 0 Å². The molecule has 206 valence electrons. The molecule has 2 aliphatic rings. The number of methoxy groups -OCH3 is 1. The van der Waals surface area contributed by atoms with Crippen molar-refractivity contribution in [2.24, 2.45) is 16.6 Å². The van der Waals surface area contributed by atoms with Crippen LogP contribution in [0, 0.1) is 5.92 Å². The maximum absolute atomic E-state index is 13.9. The van der Waals surface area contributed by atoms with Crippen molar-refractivity contribution in [2.75, 3.05) is 12.4 Å². The van der Waals surface area contributed by atoms with Gasteiger partial charge in [0.2, 0.25) is 5.95 Å². The number of carbonyl (C=O) groups excluding carboxylic acids is 3. The van der Waals surface area contributed by atoms with Gasteiger partial charge in [0.25, 0.3) is 11.8 Å². The molecule has 1 atom stereocenters. The highest BCUT2D eigenvalue weighted by atomic mass is 16.5. The molecule has 2 aliphatic heterocycles. The number of amides is 3. The van der Waals surface area contributed by atoms with Gasteiger partial charge in [-0.2, -0.15) is 0 Å². The third-order valence-electron chi connectivity index (χ3n) is 6.99. The van der Waals surface area contributed by atoms with Gasteiger partial charge in [-0.1, -0.05) is 56.3 Å². The van der Waals surface area contributed by atoms with Gasteiger partial charge in [-0.05, 0) is 35.6 Å². The third-order valence-corrected chi connectivity index (χ3v) is 6.99. The molecule has 2 aromatic carbocycles. The van der Waals surface area contributed by atoms with Crippen LogP contribution in [0.5, 0.6) is 0 Å². The van der Waals surface area contributed by atoms with Gasteiger partial charge in [-0.25, -0.2) is 19.8 Å². The molecule has 0 radical (unpaired) electrons. The fourth-order valence-corrected chi connectivity index (χ4v) is 5.19. The minimum absolute atomic E-state index is 0.112. The second-order valence-electron chi connectivity index (χ2n) is 10.3. The first-order valence-corrected chi connectivity index (χ1v) is 13.0. The molecular formula is C29H31N7O4. The van der Waals surface area contributed by atoms with Crippen LogP contribution in [-0.2, 0) is 34.7 Å². The molecule has 3 heterocycles. The fourth-order valence-electron chi connectivity index (χ4n) is 5.19. The number of ether oxygens (including phenoxy) is 1. The van der Waals surface area contributed by atoms with Crippen LogP contribution in [0.3, 0.4) is 0 Å². The number of guanidine groups is 1. The molecule has 3 amide bonds. The van der Waals surface area contributed by atoms with E-state index in [1.54, 1.807) is 29.3 Å². The summed E-state index contributed by atoms with van der Waals surface area (Å²) < 4.78 is 4.58. The molecule has 1 unspecified atom stereocenters. The average molecular weight is 542 g/mol. The first kappa shape index (κ1) is 26.8. The van der Waals surface area contributed by atoms with E-state index in [9.17, 15) is 14.4 Å². The topological polar surface area (TPSA) is 143 Å². The van der Waals surface area contributed by atoms with Crippen LogP contribution in [0.15, 0.2) is 65.8 Å². The summed E-state index contributed by atoms with van der Waals surface area (Å²) in [6.45, 7) is 4.92. The Labute approximate surface area is 232 Å². The zero-order chi connectivity index (χ0) is 28.4. The Balaban J connectivity index is 1.32. The minimum Gasteiger partial charge on any atom is -0.453 e. The molecule has 5 rings (SSSR count). The molecule has 0 saturated carbocycles. The number of nitrogens with two attached hydrogens (primary N) is 1. The van der Waals surface area contributed by atoms with E-state index >= 15 is 0 Å². The average Bonchev–Trinajstić information content (AvgIpc) is 3.47. The van der Waals surface area contributed by atoms with E-state index in [-0.39, 0.29) is 42.7 Å². The Morgan fingerprint density at radius 3 is 2.62 bits per heavy atom. The summed E-state index contributed by atoms with van der Waals surface area (Å²) in [6, 6.07) is 16.7. The Kier molecular flexibility index (Phi) is 7.20. The molecule has 3 aromatic rings. The van der Waals surface area contributed by atoms with E-state index in [1.807, 2.05) is 36.4 Å². The summed E-state index contributed by atoms with van der Waals surface area (Å²) in [7, 11) is 1.25. The highest BCUT2D eigenvalue weighted by Crippen LogP contribution is 2.39. The number of hydrogen-bond donors (Lipinski definition) is 2. The van der Waals surface area contributed by atoms with Crippen LogP contribution >= 0.6 is 0 Å². The Morgan fingerprint density at radius 2 is 1.90 bits per heavy atom. The fraction of sp³-hybridized carbons (Fsp3) is 0.310. The number of hydrogen-bond acceptors (Lipinski definition) is 8. The monoisotopic (exact) mass is 541 g/mol. The SMILES string of the molecule is COC(=O)Nc1ncc2c(n1)CN(C(=O)c1cccc(CN3C(=O)C(CC(C)C)(c4ccccc4)N=C3N)c1)C2. The first-order chi connectivity index (χ1) is 19.2. The maximum atomic E-state index is 13.9. The highest BCUT2D eigenvalue weighted by Gasteiger charge is 2.49. The van der Waals surface area contributed by atoms with Crippen molar-refractivity contribution >= 4 is 29.8 Å². The van der Waals surface area contributed by atoms with E-state index in [0.717, 1.165) is 16.7 Å². The number of nitrogens with zero attached hydrogens (tertiary/aromatic N) is 5. The van der Waals surface area contributed by atoms with E-state index in [2.05, 4.69) is 33.9 Å². The van der Waals surface area contributed by atoms with E-state index in [1.165, 1.54) is 12.0 Å². The van der Waals surface area contributed by atoms with Crippen LogP contribution in [0.1, 0.15) is 53.0 Å².